The van der Waals surface area contributed by atoms with Crippen LogP contribution in [0.15, 0.2) is 12.1 Å². The third-order valence-corrected chi connectivity index (χ3v) is 2.29. The van der Waals surface area contributed by atoms with Gasteiger partial charge in [0.2, 0.25) is 0 Å². The molecule has 1 aromatic carbocycles. The predicted octanol–water partition coefficient (Wildman–Crippen LogP) is 2.85. The van der Waals surface area contributed by atoms with Crippen LogP contribution in [0.25, 0.3) is 0 Å². The van der Waals surface area contributed by atoms with Gasteiger partial charge in [0.25, 0.3) is 0 Å². The van der Waals surface area contributed by atoms with Crippen LogP contribution in [0.4, 0.5) is 13.2 Å². The van der Waals surface area contributed by atoms with Gasteiger partial charge >= 0.3 is 6.18 Å². The van der Waals surface area contributed by atoms with E-state index in [-0.39, 0.29) is 22.9 Å². The Morgan fingerprint density at radius 3 is 2.50 bits per heavy atom. The third kappa shape index (κ3) is 2.78. The van der Waals surface area contributed by atoms with Gasteiger partial charge in [-0.05, 0) is 12.1 Å². The Balaban J connectivity index is 3.26. The molecule has 0 aliphatic carbocycles. The van der Waals surface area contributed by atoms with E-state index in [2.05, 4.69) is 0 Å². The van der Waals surface area contributed by atoms with Crippen molar-refractivity contribution in [1.29, 1.82) is 0 Å². The van der Waals surface area contributed by atoms with Crippen molar-refractivity contribution in [2.45, 2.75) is 12.7 Å². The van der Waals surface area contributed by atoms with Gasteiger partial charge in [0.05, 0.1) is 19.2 Å². The minimum atomic E-state index is -4.48. The second-order valence-corrected chi connectivity index (χ2v) is 3.38. The van der Waals surface area contributed by atoms with Gasteiger partial charge in [-0.15, -0.1) is 0 Å². The Labute approximate surface area is 94.7 Å². The van der Waals surface area contributed by atoms with Gasteiger partial charge in [0.15, 0.2) is 0 Å². The molecule has 0 unspecified atom stereocenters. The van der Waals surface area contributed by atoms with Gasteiger partial charge in [-0.25, -0.2) is 5.48 Å². The van der Waals surface area contributed by atoms with Crippen LogP contribution >= 0.6 is 11.6 Å². The summed E-state index contributed by atoms with van der Waals surface area (Å²) in [6.07, 6.45) is -4.48. The topological polar surface area (TPSA) is 41.5 Å². The lowest BCUT2D eigenvalue weighted by Gasteiger charge is -2.14. The van der Waals surface area contributed by atoms with Crippen LogP contribution in [0, 0.1) is 0 Å². The van der Waals surface area contributed by atoms with Crippen molar-refractivity contribution in [3.8, 4) is 5.75 Å². The van der Waals surface area contributed by atoms with Crippen LogP contribution < -0.4 is 10.2 Å². The number of ether oxygens (including phenoxy) is 1. The monoisotopic (exact) mass is 255 g/mol. The van der Waals surface area contributed by atoms with Crippen molar-refractivity contribution in [1.82, 2.24) is 5.48 Å². The lowest BCUT2D eigenvalue weighted by Crippen LogP contribution is -2.11. The molecule has 1 aromatic rings. The molecule has 0 aliphatic rings. The molecule has 0 radical (unpaired) electrons. The zero-order chi connectivity index (χ0) is 12.3. The average molecular weight is 256 g/mol. The summed E-state index contributed by atoms with van der Waals surface area (Å²) < 4.78 is 42.0. The number of methoxy groups -OCH3 is 1. The normalized spacial score (nSPS) is 11.6. The molecule has 0 saturated heterocycles. The number of hydrogen-bond acceptors (Lipinski definition) is 3. The van der Waals surface area contributed by atoms with E-state index in [1.807, 2.05) is 5.48 Å². The van der Waals surface area contributed by atoms with Crippen molar-refractivity contribution in [2.24, 2.45) is 0 Å². The summed E-state index contributed by atoms with van der Waals surface area (Å²) in [5.41, 5.74) is 1.18. The second kappa shape index (κ2) is 4.90. The molecule has 0 amide bonds. The number of rotatable bonds is 3. The van der Waals surface area contributed by atoms with Crippen LogP contribution in [-0.4, -0.2) is 12.3 Å². The van der Waals surface area contributed by atoms with Crippen molar-refractivity contribution < 1.29 is 23.1 Å². The highest BCUT2D eigenvalue weighted by molar-refractivity contribution is 6.31. The molecule has 7 heteroatoms. The highest BCUT2D eigenvalue weighted by Gasteiger charge is 2.32. The molecule has 0 fully saturated rings. The Morgan fingerprint density at radius 2 is 2.06 bits per heavy atom. The van der Waals surface area contributed by atoms with E-state index >= 15 is 0 Å². The minimum absolute atomic E-state index is 0.0265. The van der Waals surface area contributed by atoms with Gasteiger partial charge in [0.1, 0.15) is 5.75 Å². The molecule has 0 aliphatic heterocycles. The lowest BCUT2D eigenvalue weighted by molar-refractivity contribution is -0.137. The second-order valence-electron chi connectivity index (χ2n) is 2.97. The van der Waals surface area contributed by atoms with Gasteiger partial charge in [0, 0.05) is 10.6 Å². The van der Waals surface area contributed by atoms with Crippen LogP contribution in [0.2, 0.25) is 5.02 Å². The number of benzene rings is 1. The zero-order valence-electron chi connectivity index (χ0n) is 8.23. The fourth-order valence-electron chi connectivity index (χ4n) is 1.21. The summed E-state index contributed by atoms with van der Waals surface area (Å²) >= 11 is 5.67. The van der Waals surface area contributed by atoms with Gasteiger partial charge in [-0.1, -0.05) is 11.6 Å². The molecule has 3 nitrogen and oxygen atoms in total. The summed E-state index contributed by atoms with van der Waals surface area (Å²) in [6.45, 7) is -0.0971. The molecule has 16 heavy (non-hydrogen) atoms. The molecule has 0 aromatic heterocycles. The van der Waals surface area contributed by atoms with Crippen LogP contribution in [0.3, 0.4) is 0 Å². The number of halogens is 4. The Bertz CT molecular complexity index is 382. The standard InChI is InChI=1S/C9H9ClF3NO2/c1-16-8-3-5(9(11,12)13)2-7(10)6(8)4-14-15/h2-3,14-15H,4H2,1H3. The molecule has 0 saturated carbocycles. The van der Waals surface area contributed by atoms with E-state index in [0.717, 1.165) is 12.1 Å². The molecule has 0 atom stereocenters. The number of alkyl halides is 3. The highest BCUT2D eigenvalue weighted by atomic mass is 35.5. The van der Waals surface area contributed by atoms with E-state index in [1.54, 1.807) is 0 Å². The van der Waals surface area contributed by atoms with Crippen molar-refractivity contribution >= 4 is 11.6 Å². The first kappa shape index (κ1) is 13.1. The molecule has 1 rings (SSSR count). The number of hydrogen-bond donors (Lipinski definition) is 2. The van der Waals surface area contributed by atoms with Crippen molar-refractivity contribution in [3.63, 3.8) is 0 Å². The molecular weight excluding hydrogens is 247 g/mol. The molecule has 2 N–H and O–H groups in total. The summed E-state index contributed by atoms with van der Waals surface area (Å²) in [5, 5.41) is 8.39. The van der Waals surface area contributed by atoms with E-state index in [1.165, 1.54) is 7.11 Å². The van der Waals surface area contributed by atoms with Crippen molar-refractivity contribution in [3.05, 3.63) is 28.3 Å². The third-order valence-electron chi connectivity index (χ3n) is 1.96. The van der Waals surface area contributed by atoms with Crippen LogP contribution in [0.5, 0.6) is 5.75 Å². The zero-order valence-corrected chi connectivity index (χ0v) is 8.99. The SMILES string of the molecule is COc1cc(C(F)(F)F)cc(Cl)c1CNO. The fourth-order valence-corrected chi connectivity index (χ4v) is 1.49. The largest absolute Gasteiger partial charge is 0.496 e. The number of hydroxylamine groups is 1. The molecule has 0 bridgehead atoms. The molecule has 0 spiro atoms. The summed E-state index contributed by atoms with van der Waals surface area (Å²) in [4.78, 5) is 0. The maximum Gasteiger partial charge on any atom is 0.416 e. The maximum atomic E-state index is 12.4. The number of nitrogens with one attached hydrogen (secondary N) is 1. The minimum Gasteiger partial charge on any atom is -0.496 e. The Hall–Kier alpha value is -0.980. The Morgan fingerprint density at radius 1 is 1.44 bits per heavy atom. The van der Waals surface area contributed by atoms with Gasteiger partial charge in [-0.2, -0.15) is 13.2 Å². The van der Waals surface area contributed by atoms with Gasteiger partial charge in [-0.3, -0.25) is 0 Å². The summed E-state index contributed by atoms with van der Waals surface area (Å²) in [6, 6.07) is 1.62. The Kier molecular flexibility index (Phi) is 4.01. The first-order chi connectivity index (χ1) is 7.40. The van der Waals surface area contributed by atoms with E-state index in [9.17, 15) is 13.2 Å². The van der Waals surface area contributed by atoms with Crippen LogP contribution in [0.1, 0.15) is 11.1 Å². The van der Waals surface area contributed by atoms with E-state index in [4.69, 9.17) is 21.5 Å². The highest BCUT2D eigenvalue weighted by Crippen LogP contribution is 2.36. The summed E-state index contributed by atoms with van der Waals surface area (Å²) in [7, 11) is 1.23. The van der Waals surface area contributed by atoms with E-state index in [0.29, 0.717) is 0 Å². The molecule has 0 heterocycles. The first-order valence-corrected chi connectivity index (χ1v) is 4.58. The predicted molar refractivity (Wildman–Crippen MR) is 51.6 cm³/mol. The van der Waals surface area contributed by atoms with Crippen LogP contribution in [-0.2, 0) is 12.7 Å². The van der Waals surface area contributed by atoms with Crippen molar-refractivity contribution in [2.75, 3.05) is 7.11 Å². The lowest BCUT2D eigenvalue weighted by atomic mass is 10.1. The average Bonchev–Trinajstić information content (AvgIpc) is 2.19. The maximum absolute atomic E-state index is 12.4. The van der Waals surface area contributed by atoms with Gasteiger partial charge < -0.3 is 9.94 Å². The van der Waals surface area contributed by atoms with E-state index < -0.39 is 11.7 Å². The smallest absolute Gasteiger partial charge is 0.416 e. The first-order valence-electron chi connectivity index (χ1n) is 4.20. The molecule has 90 valence electrons. The summed E-state index contributed by atoms with van der Waals surface area (Å²) in [5.74, 6) is -0.0265. The molecular formula is C9H9ClF3NO2. The quantitative estimate of drug-likeness (QED) is 0.816. The fraction of sp³-hybridized carbons (Fsp3) is 0.333.